The molecule has 0 N–H and O–H groups in total. The Hall–Kier alpha value is -1.05. The lowest BCUT2D eigenvalue weighted by molar-refractivity contribution is 0.411. The lowest BCUT2D eigenvalue weighted by Gasteiger charge is -2.15. The summed E-state index contributed by atoms with van der Waals surface area (Å²) in [4.78, 5) is 4.33. The summed E-state index contributed by atoms with van der Waals surface area (Å²) < 4.78 is 5.14. The van der Waals surface area contributed by atoms with Crippen LogP contribution in [0.3, 0.4) is 0 Å². The monoisotopic (exact) mass is 179 g/mol. The third-order valence-corrected chi connectivity index (χ3v) is 2.45. The Labute approximate surface area is 80.0 Å². The van der Waals surface area contributed by atoms with Gasteiger partial charge in [-0.3, -0.25) is 4.98 Å². The highest BCUT2D eigenvalue weighted by Gasteiger charge is 2.11. The molecule has 1 atom stereocenters. The molecule has 0 bridgehead atoms. The maximum Gasteiger partial charge on any atom is 0.122 e. The fourth-order valence-electron chi connectivity index (χ4n) is 1.15. The van der Waals surface area contributed by atoms with Gasteiger partial charge in [0.05, 0.1) is 7.11 Å². The van der Waals surface area contributed by atoms with Gasteiger partial charge in [0.15, 0.2) is 0 Å². The maximum absolute atomic E-state index is 5.14. The number of rotatable bonds is 3. The molecule has 0 radical (unpaired) electrons. The molecule has 2 heteroatoms. The van der Waals surface area contributed by atoms with Crippen molar-refractivity contribution >= 4 is 0 Å². The molecule has 0 aliphatic carbocycles. The molecule has 1 rings (SSSR count). The summed E-state index contributed by atoms with van der Waals surface area (Å²) in [6.45, 7) is 6.59. The van der Waals surface area contributed by atoms with Crippen LogP contribution in [0.1, 0.15) is 32.4 Å². The Kier molecular flexibility index (Phi) is 3.29. The van der Waals surface area contributed by atoms with Crippen LogP contribution < -0.4 is 4.74 Å². The van der Waals surface area contributed by atoms with Gasteiger partial charge in [0, 0.05) is 23.9 Å². The highest BCUT2D eigenvalue weighted by atomic mass is 16.5. The molecule has 1 aromatic rings. The second-order valence-corrected chi connectivity index (χ2v) is 3.65. The van der Waals surface area contributed by atoms with Gasteiger partial charge in [0.25, 0.3) is 0 Å². The van der Waals surface area contributed by atoms with Crippen molar-refractivity contribution in [2.24, 2.45) is 5.92 Å². The summed E-state index contributed by atoms with van der Waals surface area (Å²) in [5.74, 6) is 1.98. The standard InChI is InChI=1S/C11H17NO/c1-8(2)9(3)11-7-10(13-4)5-6-12-11/h5-9H,1-4H3. The van der Waals surface area contributed by atoms with Crippen molar-refractivity contribution in [2.75, 3.05) is 7.11 Å². The predicted octanol–water partition coefficient (Wildman–Crippen LogP) is 2.85. The van der Waals surface area contributed by atoms with Crippen LogP contribution >= 0.6 is 0 Å². The molecule has 0 aromatic carbocycles. The van der Waals surface area contributed by atoms with Crippen LogP contribution in [0.4, 0.5) is 0 Å². The SMILES string of the molecule is COc1ccnc(C(C)C(C)C)c1. The molecule has 0 fully saturated rings. The van der Waals surface area contributed by atoms with Crippen molar-refractivity contribution in [2.45, 2.75) is 26.7 Å². The van der Waals surface area contributed by atoms with Crippen molar-refractivity contribution < 1.29 is 4.74 Å². The van der Waals surface area contributed by atoms with E-state index in [1.165, 1.54) is 0 Å². The summed E-state index contributed by atoms with van der Waals surface area (Å²) in [6.07, 6.45) is 1.80. The molecule has 2 nitrogen and oxygen atoms in total. The Bertz CT molecular complexity index is 271. The molecule has 0 spiro atoms. The first-order valence-electron chi connectivity index (χ1n) is 4.65. The van der Waals surface area contributed by atoms with Crippen molar-refractivity contribution in [1.29, 1.82) is 0 Å². The molecule has 0 saturated carbocycles. The van der Waals surface area contributed by atoms with E-state index in [2.05, 4.69) is 25.8 Å². The van der Waals surface area contributed by atoms with Gasteiger partial charge in [-0.05, 0) is 12.0 Å². The third-order valence-electron chi connectivity index (χ3n) is 2.45. The van der Waals surface area contributed by atoms with E-state index in [-0.39, 0.29) is 0 Å². The molecule has 1 heterocycles. The van der Waals surface area contributed by atoms with Gasteiger partial charge >= 0.3 is 0 Å². The van der Waals surface area contributed by atoms with E-state index in [4.69, 9.17) is 4.74 Å². The van der Waals surface area contributed by atoms with E-state index < -0.39 is 0 Å². The number of nitrogens with zero attached hydrogens (tertiary/aromatic N) is 1. The first-order chi connectivity index (χ1) is 6.15. The topological polar surface area (TPSA) is 22.1 Å². The van der Waals surface area contributed by atoms with Crippen LogP contribution in [0.25, 0.3) is 0 Å². The molecular weight excluding hydrogens is 162 g/mol. The summed E-state index contributed by atoms with van der Waals surface area (Å²) in [5, 5.41) is 0. The van der Waals surface area contributed by atoms with Gasteiger partial charge in [-0.1, -0.05) is 20.8 Å². The third kappa shape index (κ3) is 2.44. The van der Waals surface area contributed by atoms with Crippen molar-refractivity contribution in [3.05, 3.63) is 24.0 Å². The number of hydrogen-bond acceptors (Lipinski definition) is 2. The quantitative estimate of drug-likeness (QED) is 0.711. The minimum atomic E-state index is 0.482. The van der Waals surface area contributed by atoms with Gasteiger partial charge in [0.1, 0.15) is 5.75 Å². The average Bonchev–Trinajstić information content (AvgIpc) is 2.16. The van der Waals surface area contributed by atoms with E-state index in [9.17, 15) is 0 Å². The van der Waals surface area contributed by atoms with E-state index in [0.29, 0.717) is 11.8 Å². The fourth-order valence-corrected chi connectivity index (χ4v) is 1.15. The summed E-state index contributed by atoms with van der Waals surface area (Å²) in [5.41, 5.74) is 1.11. The zero-order valence-electron chi connectivity index (χ0n) is 8.74. The second-order valence-electron chi connectivity index (χ2n) is 3.65. The maximum atomic E-state index is 5.14. The van der Waals surface area contributed by atoms with Crippen molar-refractivity contribution in [3.63, 3.8) is 0 Å². The number of pyridine rings is 1. The number of hydrogen-bond donors (Lipinski definition) is 0. The zero-order valence-corrected chi connectivity index (χ0v) is 8.74. The lowest BCUT2D eigenvalue weighted by atomic mass is 9.94. The Morgan fingerprint density at radius 1 is 1.31 bits per heavy atom. The Morgan fingerprint density at radius 2 is 2.00 bits per heavy atom. The van der Waals surface area contributed by atoms with Crippen molar-refractivity contribution in [1.82, 2.24) is 4.98 Å². The Morgan fingerprint density at radius 3 is 2.54 bits per heavy atom. The Balaban J connectivity index is 2.88. The molecule has 1 aromatic heterocycles. The molecule has 0 amide bonds. The molecule has 1 unspecified atom stereocenters. The zero-order chi connectivity index (χ0) is 9.84. The molecule has 0 aliphatic rings. The van der Waals surface area contributed by atoms with Crippen LogP contribution in [0.5, 0.6) is 5.75 Å². The van der Waals surface area contributed by atoms with Crippen molar-refractivity contribution in [3.8, 4) is 5.75 Å². The van der Waals surface area contributed by atoms with Crippen LogP contribution in [0, 0.1) is 5.92 Å². The normalized spacial score (nSPS) is 13.0. The molecule has 0 aliphatic heterocycles. The van der Waals surface area contributed by atoms with Crippen LogP contribution in [-0.4, -0.2) is 12.1 Å². The second kappa shape index (κ2) is 4.26. The van der Waals surface area contributed by atoms with Crippen LogP contribution in [0.15, 0.2) is 18.3 Å². The minimum absolute atomic E-state index is 0.482. The predicted molar refractivity (Wildman–Crippen MR) is 54.0 cm³/mol. The van der Waals surface area contributed by atoms with Crippen LogP contribution in [0.2, 0.25) is 0 Å². The van der Waals surface area contributed by atoms with Gasteiger partial charge in [0.2, 0.25) is 0 Å². The molecule has 0 saturated heterocycles. The molecule has 72 valence electrons. The van der Waals surface area contributed by atoms with E-state index in [1.54, 1.807) is 13.3 Å². The van der Waals surface area contributed by atoms with Crippen LogP contribution in [-0.2, 0) is 0 Å². The largest absolute Gasteiger partial charge is 0.497 e. The first kappa shape index (κ1) is 10.0. The van der Waals surface area contributed by atoms with Gasteiger partial charge in [-0.15, -0.1) is 0 Å². The summed E-state index contributed by atoms with van der Waals surface area (Å²) >= 11 is 0. The average molecular weight is 179 g/mol. The fraction of sp³-hybridized carbons (Fsp3) is 0.545. The van der Waals surface area contributed by atoms with Gasteiger partial charge < -0.3 is 4.74 Å². The number of ether oxygens (including phenoxy) is 1. The minimum Gasteiger partial charge on any atom is -0.497 e. The highest BCUT2D eigenvalue weighted by molar-refractivity contribution is 5.24. The molecule has 13 heavy (non-hydrogen) atoms. The molecular formula is C11H17NO. The highest BCUT2D eigenvalue weighted by Crippen LogP contribution is 2.24. The smallest absolute Gasteiger partial charge is 0.122 e. The van der Waals surface area contributed by atoms with Gasteiger partial charge in [-0.25, -0.2) is 0 Å². The lowest BCUT2D eigenvalue weighted by Crippen LogP contribution is -2.04. The van der Waals surface area contributed by atoms with E-state index in [0.717, 1.165) is 11.4 Å². The van der Waals surface area contributed by atoms with Gasteiger partial charge in [-0.2, -0.15) is 0 Å². The van der Waals surface area contributed by atoms with E-state index in [1.807, 2.05) is 12.1 Å². The first-order valence-corrected chi connectivity index (χ1v) is 4.65. The summed E-state index contributed by atoms with van der Waals surface area (Å²) in [7, 11) is 1.68. The number of methoxy groups -OCH3 is 1. The summed E-state index contributed by atoms with van der Waals surface area (Å²) in [6, 6.07) is 3.88. The number of aromatic nitrogens is 1. The van der Waals surface area contributed by atoms with E-state index >= 15 is 0 Å².